The molecule has 15 fully saturated rings. The molecule has 19 nitrogen and oxygen atoms in total. The van der Waals surface area contributed by atoms with Crippen LogP contribution in [0.25, 0.3) is 0 Å². The zero-order chi connectivity index (χ0) is 74.9. The van der Waals surface area contributed by atoms with Crippen LogP contribution in [0.5, 0.6) is 0 Å². The first kappa shape index (κ1) is 80.3. The van der Waals surface area contributed by atoms with E-state index in [2.05, 4.69) is 46.7 Å². The molecule has 2 N–H and O–H groups in total. The van der Waals surface area contributed by atoms with Crippen molar-refractivity contribution in [1.29, 1.82) is 0 Å². The summed E-state index contributed by atoms with van der Waals surface area (Å²) in [6, 6.07) is 0. The second-order valence-corrected chi connectivity index (χ2v) is 35.2. The SMILES string of the molecule is C=C(C)C(=O)OC1(C2CC3(CC)CCC2O3)CCCC1.C=C(C)C(=O)OC1(C2CC3(CC)CCC2O3)CCCCC1.C=C(C)C(=O)OC1(C2CC3(CO)CCC2O3)CCCC1.C=C(C)C(=O)OC1(C2CC3CCC2(CO)O3)CCCC1.C=C(C)C(=O)OC1(C2CC3CCC2(COC(C)=O)O3)CCCC1. The standard InChI is InChI=1S/C18H26O5.C18H28O3.C17H26O3.2C16H24O4/c1-12(2)16(20)23-17(7-4-5-8-17)15-10-14-6-9-18(15,22-14)11-21-13(3)19;1-4-17-11-8-15(20-17)14(12-17)18(9-6-5-7-10-18)21-16(19)13(2)3;1-4-16-10-7-14(19-16)13(11-16)17(8-5-6-9-17)20-15(18)12(2)3;1-11(2)14(18)20-16(6-3-4-7-16)12-9-15(10-17)8-5-13(12)19-15;1-11(2)14(18)20-15(6-3-4-7-15)13-9-12-5-8-16(13,10-17)19-12/h14-15H,1,4-11H2,2-3H3;14-15H,2,4-12H2,1,3H3;13-14H,2,4-11H2,1,3H3;2*12-13,17H,1,3-10H2,2H3. The first-order valence-corrected chi connectivity index (χ1v) is 40.6. The lowest BCUT2D eigenvalue weighted by molar-refractivity contribution is -0.178. The molecule has 10 bridgehead atoms. The Labute approximate surface area is 620 Å². The third kappa shape index (κ3) is 16.1. The molecule has 0 aromatic carbocycles. The highest BCUT2D eigenvalue weighted by molar-refractivity contribution is 5.89. The highest BCUT2D eigenvalue weighted by atomic mass is 16.6. The highest BCUT2D eigenvalue weighted by Gasteiger charge is 2.67. The number of ether oxygens (including phenoxy) is 11. The van der Waals surface area contributed by atoms with E-state index in [4.69, 9.17) is 52.1 Å². The Hall–Kier alpha value is -4.76. The van der Waals surface area contributed by atoms with Gasteiger partial charge < -0.3 is 62.3 Å². The lowest BCUT2D eigenvalue weighted by atomic mass is 9.67. The summed E-state index contributed by atoms with van der Waals surface area (Å²) in [5.41, 5.74) is -0.785. The first-order valence-electron chi connectivity index (χ1n) is 40.6. The Bertz CT molecular complexity index is 3110. The molecule has 10 aliphatic heterocycles. The number of aliphatic hydroxyl groups excluding tert-OH is 2. The van der Waals surface area contributed by atoms with E-state index in [-0.39, 0.29) is 120 Å². The van der Waals surface area contributed by atoms with Crippen LogP contribution in [0.2, 0.25) is 0 Å². The molecule has 5 aliphatic carbocycles. The van der Waals surface area contributed by atoms with Crippen molar-refractivity contribution in [2.24, 2.45) is 29.6 Å². The summed E-state index contributed by atoms with van der Waals surface area (Å²) < 4.78 is 66.0. The third-order valence-electron chi connectivity index (χ3n) is 28.2. The molecule has 15 unspecified atom stereocenters. The van der Waals surface area contributed by atoms with Crippen molar-refractivity contribution in [2.75, 3.05) is 19.8 Å². The number of rotatable bonds is 21. The van der Waals surface area contributed by atoms with E-state index in [0.29, 0.717) is 51.9 Å². The molecule has 19 heteroatoms. The number of hydrogen-bond donors (Lipinski definition) is 2. The van der Waals surface area contributed by atoms with E-state index in [1.807, 2.05) is 0 Å². The molecular formula is C85H128O19. The van der Waals surface area contributed by atoms with E-state index < -0.39 is 28.0 Å². The minimum Gasteiger partial charge on any atom is -0.463 e. The quantitative estimate of drug-likeness (QED) is 0.0616. The van der Waals surface area contributed by atoms with Gasteiger partial charge in [0.1, 0.15) is 40.2 Å². The second kappa shape index (κ2) is 32.1. The van der Waals surface area contributed by atoms with Crippen molar-refractivity contribution in [3.8, 4) is 0 Å². The molecule has 0 spiro atoms. The molecule has 104 heavy (non-hydrogen) atoms. The Kier molecular flexibility index (Phi) is 24.7. The van der Waals surface area contributed by atoms with Crippen LogP contribution in [-0.2, 0) is 80.9 Å². The molecule has 582 valence electrons. The molecule has 0 aromatic heterocycles. The number of hydrogen-bond acceptors (Lipinski definition) is 19. The van der Waals surface area contributed by atoms with Gasteiger partial charge in [0.25, 0.3) is 0 Å². The van der Waals surface area contributed by atoms with Gasteiger partial charge in [0.05, 0.1) is 66.1 Å². The minimum atomic E-state index is -0.495. The number of carbonyl (C=O) groups excluding carboxylic acids is 6. The van der Waals surface area contributed by atoms with Gasteiger partial charge in [0.15, 0.2) is 0 Å². The molecule has 0 amide bonds. The Morgan fingerprint density at radius 3 is 0.933 bits per heavy atom. The maximum absolute atomic E-state index is 12.2. The Balaban J connectivity index is 0.000000130. The van der Waals surface area contributed by atoms with Crippen molar-refractivity contribution < 1.29 is 91.1 Å². The number of carbonyl (C=O) groups is 6. The predicted molar refractivity (Wildman–Crippen MR) is 391 cm³/mol. The topological polar surface area (TPSA) is 244 Å². The molecule has 15 aliphatic rings. The average Bonchev–Trinajstić information content (AvgIpc) is 1.60. The van der Waals surface area contributed by atoms with Crippen LogP contribution in [0.15, 0.2) is 60.8 Å². The van der Waals surface area contributed by atoms with Gasteiger partial charge >= 0.3 is 35.8 Å². The third-order valence-corrected chi connectivity index (χ3v) is 28.2. The van der Waals surface area contributed by atoms with E-state index in [9.17, 15) is 39.0 Å². The van der Waals surface area contributed by atoms with Gasteiger partial charge in [0.2, 0.25) is 0 Å². The molecule has 0 aromatic rings. The summed E-state index contributed by atoms with van der Waals surface area (Å²) in [5.74, 6) is -0.413. The van der Waals surface area contributed by atoms with Crippen molar-refractivity contribution in [1.82, 2.24) is 0 Å². The van der Waals surface area contributed by atoms with Crippen LogP contribution in [0.4, 0.5) is 0 Å². The molecular weight excluding hydrogens is 1320 g/mol. The van der Waals surface area contributed by atoms with E-state index in [1.54, 1.807) is 34.6 Å². The zero-order valence-corrected chi connectivity index (χ0v) is 64.6. The van der Waals surface area contributed by atoms with Gasteiger partial charge in [0, 0.05) is 64.4 Å². The minimum absolute atomic E-state index is 0.0283. The monoisotopic (exact) mass is 1450 g/mol. The lowest BCUT2D eigenvalue weighted by Gasteiger charge is -2.44. The fourth-order valence-electron chi connectivity index (χ4n) is 22.6. The van der Waals surface area contributed by atoms with Gasteiger partial charge in [-0.15, -0.1) is 0 Å². The molecule has 0 radical (unpaired) electrons. The smallest absolute Gasteiger partial charge is 0.333 e. The fraction of sp³-hybridized carbons (Fsp3) is 0.812. The summed E-state index contributed by atoms with van der Waals surface area (Å²) in [6.07, 6.45) is 39.9. The maximum atomic E-state index is 12.2. The van der Waals surface area contributed by atoms with Gasteiger partial charge in [-0.05, 0) is 272 Å². The van der Waals surface area contributed by atoms with E-state index in [0.717, 1.165) is 225 Å². The Morgan fingerprint density at radius 1 is 0.356 bits per heavy atom. The predicted octanol–water partition coefficient (Wildman–Crippen LogP) is 15.5. The van der Waals surface area contributed by atoms with Crippen molar-refractivity contribution in [3.63, 3.8) is 0 Å². The zero-order valence-electron chi connectivity index (χ0n) is 64.6. The number of esters is 6. The molecule has 15 rings (SSSR count). The van der Waals surface area contributed by atoms with Gasteiger partial charge in [-0.25, -0.2) is 24.0 Å². The summed E-state index contributed by atoms with van der Waals surface area (Å²) >= 11 is 0. The second-order valence-electron chi connectivity index (χ2n) is 35.2. The summed E-state index contributed by atoms with van der Waals surface area (Å²) in [4.78, 5) is 71.7. The fourth-order valence-corrected chi connectivity index (χ4v) is 22.6. The number of fused-ring (bicyclic) bond motifs is 10. The van der Waals surface area contributed by atoms with Crippen LogP contribution in [0.1, 0.15) is 299 Å². The summed E-state index contributed by atoms with van der Waals surface area (Å²) in [7, 11) is 0. The Morgan fingerprint density at radius 2 is 0.644 bits per heavy atom. The number of aliphatic hydroxyl groups is 2. The van der Waals surface area contributed by atoms with Crippen molar-refractivity contribution >= 4 is 35.8 Å². The van der Waals surface area contributed by atoms with Gasteiger partial charge in [-0.3, -0.25) is 4.79 Å². The molecule has 15 atom stereocenters. The largest absolute Gasteiger partial charge is 0.463 e. The molecule has 10 saturated heterocycles. The van der Waals surface area contributed by atoms with Crippen LogP contribution in [-0.4, -0.2) is 152 Å². The van der Waals surface area contributed by atoms with Crippen molar-refractivity contribution in [3.05, 3.63) is 60.8 Å². The van der Waals surface area contributed by atoms with E-state index in [1.165, 1.54) is 26.2 Å². The maximum Gasteiger partial charge on any atom is 0.333 e. The van der Waals surface area contributed by atoms with Gasteiger partial charge in [-0.2, -0.15) is 0 Å². The summed E-state index contributed by atoms with van der Waals surface area (Å²) in [5, 5.41) is 19.5. The molecule has 10 heterocycles. The molecule has 5 saturated carbocycles. The van der Waals surface area contributed by atoms with Crippen molar-refractivity contribution in [2.45, 2.75) is 386 Å². The van der Waals surface area contributed by atoms with Crippen LogP contribution in [0.3, 0.4) is 0 Å². The van der Waals surface area contributed by atoms with E-state index >= 15 is 0 Å². The van der Waals surface area contributed by atoms with Crippen LogP contribution < -0.4 is 0 Å². The lowest BCUT2D eigenvalue weighted by Crippen LogP contribution is -2.53. The average molecular weight is 1450 g/mol. The van der Waals surface area contributed by atoms with Crippen LogP contribution >= 0.6 is 0 Å². The summed E-state index contributed by atoms with van der Waals surface area (Å²) in [6.45, 7) is 33.3. The van der Waals surface area contributed by atoms with Gasteiger partial charge in [-0.1, -0.05) is 53.2 Å². The normalized spacial score (nSPS) is 37.1. The first-order chi connectivity index (χ1) is 49.4. The van der Waals surface area contributed by atoms with Crippen LogP contribution in [0, 0.1) is 29.6 Å². The highest BCUT2D eigenvalue weighted by Crippen LogP contribution is 2.62.